The van der Waals surface area contributed by atoms with Crippen LogP contribution in [0.15, 0.2) is 0 Å². The second-order valence-electron chi connectivity index (χ2n) is 5.41. The molecule has 1 aromatic rings. The zero-order valence-electron chi connectivity index (χ0n) is 12.6. The van der Waals surface area contributed by atoms with Gasteiger partial charge in [0.15, 0.2) is 11.4 Å². The van der Waals surface area contributed by atoms with Gasteiger partial charge in [0.2, 0.25) is 0 Å². The number of thiazole rings is 1. The van der Waals surface area contributed by atoms with Gasteiger partial charge in [0.25, 0.3) is 0 Å². The summed E-state index contributed by atoms with van der Waals surface area (Å²) >= 11 is 1.53. The minimum atomic E-state index is 0.789. The average molecular weight is 296 g/mol. The molecule has 0 atom stereocenters. The summed E-state index contributed by atoms with van der Waals surface area (Å²) in [5.41, 5.74) is 0.940. The summed E-state index contributed by atoms with van der Waals surface area (Å²) in [4.78, 5) is 23.4. The molecule has 2 heterocycles. The van der Waals surface area contributed by atoms with E-state index < -0.39 is 0 Å². The largest absolute Gasteiger partial charge is 0.346 e. The molecule has 6 heteroatoms. The molecule has 1 saturated heterocycles. The molecular formula is C14H24N4OS. The van der Waals surface area contributed by atoms with Crippen LogP contribution in [0.5, 0.6) is 0 Å². The fourth-order valence-corrected chi connectivity index (χ4v) is 3.36. The number of hydrogen-bond donors (Lipinski definition) is 0. The molecule has 112 valence electrons. The van der Waals surface area contributed by atoms with Crippen molar-refractivity contribution < 1.29 is 4.79 Å². The molecule has 2 rings (SSSR count). The number of carbonyl (C=O) groups excluding carboxylic acids is 1. The quantitative estimate of drug-likeness (QED) is 0.738. The van der Waals surface area contributed by atoms with Crippen molar-refractivity contribution in [1.82, 2.24) is 14.8 Å². The van der Waals surface area contributed by atoms with Gasteiger partial charge < -0.3 is 9.80 Å². The maximum atomic E-state index is 11.0. The van der Waals surface area contributed by atoms with Crippen LogP contribution in [0.25, 0.3) is 0 Å². The van der Waals surface area contributed by atoms with E-state index in [9.17, 15) is 4.79 Å². The van der Waals surface area contributed by atoms with Gasteiger partial charge >= 0.3 is 0 Å². The molecule has 1 aliphatic heterocycles. The predicted molar refractivity (Wildman–Crippen MR) is 84.1 cm³/mol. The van der Waals surface area contributed by atoms with Gasteiger partial charge in [-0.1, -0.05) is 18.3 Å². The summed E-state index contributed by atoms with van der Waals surface area (Å²) in [5, 5.41) is 1.01. The number of hydrogen-bond acceptors (Lipinski definition) is 6. The molecule has 1 aliphatic rings. The molecule has 0 bridgehead atoms. The Morgan fingerprint density at radius 3 is 2.50 bits per heavy atom. The highest BCUT2D eigenvalue weighted by atomic mass is 32.1. The van der Waals surface area contributed by atoms with Crippen LogP contribution in [0.3, 0.4) is 0 Å². The second-order valence-corrected chi connectivity index (χ2v) is 6.42. The van der Waals surface area contributed by atoms with Crippen molar-refractivity contribution in [2.75, 3.05) is 58.3 Å². The average Bonchev–Trinajstić information content (AvgIpc) is 2.89. The molecule has 0 aromatic carbocycles. The molecule has 0 radical (unpaired) electrons. The van der Waals surface area contributed by atoms with Crippen molar-refractivity contribution in [2.24, 2.45) is 0 Å². The van der Waals surface area contributed by atoms with Gasteiger partial charge in [-0.3, -0.25) is 9.69 Å². The third-order valence-corrected chi connectivity index (χ3v) is 4.75. The topological polar surface area (TPSA) is 39.7 Å². The zero-order chi connectivity index (χ0) is 14.5. The van der Waals surface area contributed by atoms with Crippen LogP contribution in [-0.2, 0) is 6.42 Å². The number of rotatable bonds is 6. The van der Waals surface area contributed by atoms with Crippen molar-refractivity contribution >= 4 is 22.8 Å². The van der Waals surface area contributed by atoms with Crippen LogP contribution in [-0.4, -0.2) is 74.4 Å². The van der Waals surface area contributed by atoms with Crippen LogP contribution in [0.4, 0.5) is 5.13 Å². The Labute approximate surface area is 125 Å². The van der Waals surface area contributed by atoms with Gasteiger partial charge in [-0.15, -0.1) is 0 Å². The van der Waals surface area contributed by atoms with E-state index in [2.05, 4.69) is 33.8 Å². The van der Waals surface area contributed by atoms with E-state index in [0.29, 0.717) is 0 Å². The summed E-state index contributed by atoms with van der Waals surface area (Å²) < 4.78 is 0. The van der Waals surface area contributed by atoms with Gasteiger partial charge in [0.1, 0.15) is 0 Å². The number of likely N-dealkylation sites (N-methyl/N-ethyl adjacent to an activating group) is 1. The van der Waals surface area contributed by atoms with E-state index in [-0.39, 0.29) is 0 Å². The molecule has 0 N–H and O–H groups in total. The normalized spacial score (nSPS) is 16.9. The fraction of sp³-hybridized carbons (Fsp3) is 0.714. The lowest BCUT2D eigenvalue weighted by atomic mass is 10.3. The minimum Gasteiger partial charge on any atom is -0.346 e. The molecular weight excluding hydrogens is 272 g/mol. The Kier molecular flexibility index (Phi) is 5.51. The molecule has 0 spiro atoms. The lowest BCUT2D eigenvalue weighted by molar-refractivity contribution is 0.112. The first-order valence-corrected chi connectivity index (χ1v) is 8.02. The molecule has 1 fully saturated rings. The number of anilines is 1. The van der Waals surface area contributed by atoms with E-state index in [1.165, 1.54) is 11.3 Å². The summed E-state index contributed by atoms with van der Waals surface area (Å²) in [7, 11) is 4.22. The van der Waals surface area contributed by atoms with Gasteiger partial charge in [0.05, 0.1) is 10.6 Å². The van der Waals surface area contributed by atoms with Gasteiger partial charge in [-0.25, -0.2) is 4.98 Å². The number of aromatic nitrogens is 1. The molecule has 0 amide bonds. The summed E-state index contributed by atoms with van der Waals surface area (Å²) in [6.07, 6.45) is 1.76. The number of piperazine rings is 1. The number of carbonyl (C=O) groups is 1. The second kappa shape index (κ2) is 7.15. The highest BCUT2D eigenvalue weighted by Gasteiger charge is 2.20. The lowest BCUT2D eigenvalue weighted by Crippen LogP contribution is -2.48. The summed E-state index contributed by atoms with van der Waals surface area (Å²) in [6, 6.07) is 0. The van der Waals surface area contributed by atoms with Crippen molar-refractivity contribution in [3.63, 3.8) is 0 Å². The van der Waals surface area contributed by atoms with Gasteiger partial charge in [-0.2, -0.15) is 0 Å². The zero-order valence-corrected chi connectivity index (χ0v) is 13.4. The van der Waals surface area contributed by atoms with E-state index in [1.807, 2.05) is 6.92 Å². The van der Waals surface area contributed by atoms with Crippen LogP contribution < -0.4 is 4.90 Å². The molecule has 0 saturated carbocycles. The van der Waals surface area contributed by atoms with Crippen molar-refractivity contribution in [1.29, 1.82) is 0 Å². The highest BCUT2D eigenvalue weighted by Crippen LogP contribution is 2.26. The van der Waals surface area contributed by atoms with Crippen LogP contribution in [0.1, 0.15) is 22.3 Å². The van der Waals surface area contributed by atoms with E-state index >= 15 is 0 Å². The number of aldehydes is 1. The van der Waals surface area contributed by atoms with E-state index in [4.69, 9.17) is 0 Å². The summed E-state index contributed by atoms with van der Waals surface area (Å²) in [6.45, 7) is 8.43. The lowest BCUT2D eigenvalue weighted by Gasteiger charge is -2.35. The molecule has 1 aromatic heterocycles. The smallest absolute Gasteiger partial charge is 0.186 e. The third kappa shape index (κ3) is 3.77. The van der Waals surface area contributed by atoms with Gasteiger partial charge in [0, 0.05) is 39.3 Å². The Morgan fingerprint density at radius 2 is 2.00 bits per heavy atom. The highest BCUT2D eigenvalue weighted by molar-refractivity contribution is 7.17. The summed E-state index contributed by atoms with van der Waals surface area (Å²) in [5.74, 6) is 0. The first-order chi connectivity index (χ1) is 9.63. The minimum absolute atomic E-state index is 0.789. The van der Waals surface area contributed by atoms with Crippen molar-refractivity contribution in [3.8, 4) is 0 Å². The Bertz CT molecular complexity index is 438. The Hall–Kier alpha value is -0.980. The molecule has 20 heavy (non-hydrogen) atoms. The number of aryl methyl sites for hydroxylation is 1. The van der Waals surface area contributed by atoms with Crippen LogP contribution in [0.2, 0.25) is 0 Å². The molecule has 0 unspecified atom stereocenters. The molecule has 5 nitrogen and oxygen atoms in total. The Balaban J connectivity index is 1.90. The van der Waals surface area contributed by atoms with Crippen molar-refractivity contribution in [2.45, 2.75) is 13.3 Å². The maximum absolute atomic E-state index is 11.0. The van der Waals surface area contributed by atoms with E-state index in [0.717, 1.165) is 67.7 Å². The van der Waals surface area contributed by atoms with E-state index in [1.54, 1.807) is 0 Å². The fourth-order valence-electron chi connectivity index (χ4n) is 2.34. The first-order valence-electron chi connectivity index (χ1n) is 7.21. The standard InChI is InChI=1S/C14H24N4OS/c1-4-12-13(11-19)20-14(15-12)18-9-7-17(8-10-18)6-5-16(2)3/h11H,4-10H2,1-3H3. The SMILES string of the molecule is CCc1nc(N2CCN(CCN(C)C)CC2)sc1C=O. The predicted octanol–water partition coefficient (Wildman–Crippen LogP) is 1.20. The third-order valence-electron chi connectivity index (χ3n) is 3.66. The van der Waals surface area contributed by atoms with Crippen molar-refractivity contribution in [3.05, 3.63) is 10.6 Å². The monoisotopic (exact) mass is 296 g/mol. The number of nitrogens with zero attached hydrogens (tertiary/aromatic N) is 4. The first kappa shape index (κ1) is 15.4. The maximum Gasteiger partial charge on any atom is 0.186 e. The van der Waals surface area contributed by atoms with Crippen LogP contribution >= 0.6 is 11.3 Å². The Morgan fingerprint density at radius 1 is 1.30 bits per heavy atom. The van der Waals surface area contributed by atoms with Gasteiger partial charge in [-0.05, 0) is 20.5 Å². The van der Waals surface area contributed by atoms with Crippen LogP contribution in [0, 0.1) is 0 Å². The molecule has 0 aliphatic carbocycles.